The number of aryl methyl sites for hydroxylation is 1. The number of rotatable bonds is 3. The molecule has 0 radical (unpaired) electrons. The van der Waals surface area contributed by atoms with Crippen molar-refractivity contribution in [3.63, 3.8) is 0 Å². The summed E-state index contributed by atoms with van der Waals surface area (Å²) >= 11 is 0. The molecule has 1 aromatic rings. The first-order valence-electron chi connectivity index (χ1n) is 6.96. The highest BCUT2D eigenvalue weighted by Gasteiger charge is 2.41. The first kappa shape index (κ1) is 13.9. The van der Waals surface area contributed by atoms with E-state index in [-0.39, 0.29) is 5.97 Å². The second kappa shape index (κ2) is 5.24. The third-order valence-electron chi connectivity index (χ3n) is 3.65. The molecule has 1 unspecified atom stereocenters. The van der Waals surface area contributed by atoms with Crippen LogP contribution < -0.4 is 4.74 Å². The normalized spacial score (nSPS) is 21.7. The fourth-order valence-electron chi connectivity index (χ4n) is 2.46. The lowest BCUT2D eigenvalue weighted by Crippen LogP contribution is -2.45. The number of fused-ring (bicyclic) bond motifs is 1. The Morgan fingerprint density at radius 3 is 2.84 bits per heavy atom. The molecule has 19 heavy (non-hydrogen) atoms. The number of para-hydroxylation sites is 1. The Balaban J connectivity index is 2.34. The molecule has 1 aromatic carbocycles. The molecular weight excluding hydrogens is 240 g/mol. The minimum Gasteiger partial charge on any atom is -0.475 e. The molecule has 0 bridgehead atoms. The van der Waals surface area contributed by atoms with Gasteiger partial charge in [-0.1, -0.05) is 32.0 Å². The average molecular weight is 262 g/mol. The summed E-state index contributed by atoms with van der Waals surface area (Å²) in [6.45, 7) is 8.30. The number of hydrogen-bond donors (Lipinski definition) is 0. The van der Waals surface area contributed by atoms with Crippen LogP contribution in [0.5, 0.6) is 5.75 Å². The van der Waals surface area contributed by atoms with Crippen LogP contribution in [-0.2, 0) is 16.0 Å². The third-order valence-corrected chi connectivity index (χ3v) is 3.65. The van der Waals surface area contributed by atoms with E-state index < -0.39 is 5.60 Å². The maximum Gasteiger partial charge on any atom is 0.350 e. The Hall–Kier alpha value is -1.51. The van der Waals surface area contributed by atoms with Crippen LogP contribution in [0.4, 0.5) is 0 Å². The summed E-state index contributed by atoms with van der Waals surface area (Å²) in [4.78, 5) is 12.1. The molecule has 1 aliphatic rings. The van der Waals surface area contributed by atoms with Crippen molar-refractivity contribution in [2.45, 2.75) is 52.1 Å². The SMILES string of the molecule is CCOC(=O)C1(C)CCc2cccc(C(C)C)c2O1. The summed E-state index contributed by atoms with van der Waals surface area (Å²) in [7, 11) is 0. The van der Waals surface area contributed by atoms with Crippen LogP contribution >= 0.6 is 0 Å². The zero-order valence-electron chi connectivity index (χ0n) is 12.2. The molecule has 1 heterocycles. The summed E-state index contributed by atoms with van der Waals surface area (Å²) in [5, 5.41) is 0. The quantitative estimate of drug-likeness (QED) is 0.783. The Bertz CT molecular complexity index is 479. The van der Waals surface area contributed by atoms with Gasteiger partial charge in [-0.15, -0.1) is 0 Å². The second-order valence-corrected chi connectivity index (χ2v) is 5.54. The van der Waals surface area contributed by atoms with Gasteiger partial charge in [-0.25, -0.2) is 4.79 Å². The van der Waals surface area contributed by atoms with Crippen LogP contribution in [0.15, 0.2) is 18.2 Å². The van der Waals surface area contributed by atoms with Gasteiger partial charge in [0.05, 0.1) is 6.61 Å². The van der Waals surface area contributed by atoms with Gasteiger partial charge in [0, 0.05) is 6.42 Å². The smallest absolute Gasteiger partial charge is 0.350 e. The molecule has 3 heteroatoms. The van der Waals surface area contributed by atoms with Gasteiger partial charge in [-0.05, 0) is 37.3 Å². The molecule has 0 spiro atoms. The number of carbonyl (C=O) groups is 1. The summed E-state index contributed by atoms with van der Waals surface area (Å²) in [5.74, 6) is 0.984. The van der Waals surface area contributed by atoms with E-state index >= 15 is 0 Å². The first-order valence-corrected chi connectivity index (χ1v) is 6.96. The van der Waals surface area contributed by atoms with E-state index in [4.69, 9.17) is 9.47 Å². The van der Waals surface area contributed by atoms with E-state index in [1.807, 2.05) is 13.8 Å². The van der Waals surface area contributed by atoms with Crippen LogP contribution in [0.1, 0.15) is 51.2 Å². The summed E-state index contributed by atoms with van der Waals surface area (Å²) in [6.07, 6.45) is 1.52. The van der Waals surface area contributed by atoms with Gasteiger partial charge in [0.25, 0.3) is 0 Å². The van der Waals surface area contributed by atoms with Crippen molar-refractivity contribution in [1.29, 1.82) is 0 Å². The van der Waals surface area contributed by atoms with Crippen LogP contribution in [0.25, 0.3) is 0 Å². The van der Waals surface area contributed by atoms with Gasteiger partial charge in [-0.3, -0.25) is 0 Å². The van der Waals surface area contributed by atoms with Crippen molar-refractivity contribution in [2.24, 2.45) is 0 Å². The van der Waals surface area contributed by atoms with Crippen LogP contribution in [0, 0.1) is 0 Å². The predicted octanol–water partition coefficient (Wildman–Crippen LogP) is 3.46. The van der Waals surface area contributed by atoms with Gasteiger partial charge in [-0.2, -0.15) is 0 Å². The molecule has 0 fully saturated rings. The Labute approximate surface area is 114 Å². The standard InChI is InChI=1S/C16H22O3/c1-5-18-15(17)16(4)10-9-12-7-6-8-13(11(2)3)14(12)19-16/h6-8,11H,5,9-10H2,1-4H3. The van der Waals surface area contributed by atoms with Gasteiger partial charge >= 0.3 is 5.97 Å². The zero-order valence-corrected chi connectivity index (χ0v) is 12.2. The Kier molecular flexibility index (Phi) is 3.83. The number of ether oxygens (including phenoxy) is 2. The van der Waals surface area contributed by atoms with E-state index in [2.05, 4.69) is 32.0 Å². The van der Waals surface area contributed by atoms with Gasteiger partial charge in [0.15, 0.2) is 0 Å². The van der Waals surface area contributed by atoms with Gasteiger partial charge in [0.1, 0.15) is 5.75 Å². The lowest BCUT2D eigenvalue weighted by Gasteiger charge is -2.35. The number of hydrogen-bond acceptors (Lipinski definition) is 3. The fraction of sp³-hybridized carbons (Fsp3) is 0.562. The highest BCUT2D eigenvalue weighted by Crippen LogP contribution is 2.39. The molecule has 1 aliphatic heterocycles. The van der Waals surface area contributed by atoms with Crippen LogP contribution in [0.3, 0.4) is 0 Å². The summed E-state index contributed by atoms with van der Waals surface area (Å²) in [5.41, 5.74) is 1.49. The molecule has 2 rings (SSSR count). The maximum atomic E-state index is 12.1. The van der Waals surface area contributed by atoms with Crippen molar-refractivity contribution >= 4 is 5.97 Å². The van der Waals surface area contributed by atoms with E-state index in [0.717, 1.165) is 17.7 Å². The molecule has 0 saturated carbocycles. The zero-order chi connectivity index (χ0) is 14.0. The number of carbonyl (C=O) groups excluding carboxylic acids is 1. The minimum absolute atomic E-state index is 0.265. The molecule has 3 nitrogen and oxygen atoms in total. The van der Waals surface area contributed by atoms with Crippen molar-refractivity contribution < 1.29 is 14.3 Å². The molecule has 1 atom stereocenters. The molecule has 104 valence electrons. The van der Waals surface area contributed by atoms with Crippen molar-refractivity contribution in [3.05, 3.63) is 29.3 Å². The minimum atomic E-state index is -0.853. The first-order chi connectivity index (χ1) is 8.98. The molecule has 0 saturated heterocycles. The van der Waals surface area contributed by atoms with Crippen LogP contribution in [-0.4, -0.2) is 18.2 Å². The Morgan fingerprint density at radius 1 is 1.47 bits per heavy atom. The number of esters is 1. The molecule has 0 N–H and O–H groups in total. The van der Waals surface area contributed by atoms with E-state index in [1.165, 1.54) is 5.56 Å². The fourth-order valence-corrected chi connectivity index (χ4v) is 2.46. The molecule has 0 aliphatic carbocycles. The van der Waals surface area contributed by atoms with Crippen molar-refractivity contribution in [3.8, 4) is 5.75 Å². The van der Waals surface area contributed by atoms with Crippen molar-refractivity contribution in [1.82, 2.24) is 0 Å². The molecular formula is C16H22O3. The maximum absolute atomic E-state index is 12.1. The Morgan fingerprint density at radius 2 is 2.21 bits per heavy atom. The second-order valence-electron chi connectivity index (χ2n) is 5.54. The topological polar surface area (TPSA) is 35.5 Å². The molecule has 0 amide bonds. The van der Waals surface area contributed by atoms with E-state index in [0.29, 0.717) is 18.9 Å². The van der Waals surface area contributed by atoms with Crippen LogP contribution in [0.2, 0.25) is 0 Å². The summed E-state index contributed by atoms with van der Waals surface area (Å²) < 4.78 is 11.2. The lowest BCUT2D eigenvalue weighted by atomic mass is 9.89. The predicted molar refractivity (Wildman–Crippen MR) is 74.5 cm³/mol. The highest BCUT2D eigenvalue weighted by molar-refractivity contribution is 5.80. The number of benzene rings is 1. The third kappa shape index (κ3) is 2.60. The molecule has 0 aromatic heterocycles. The average Bonchev–Trinajstić information content (AvgIpc) is 2.38. The monoisotopic (exact) mass is 262 g/mol. The largest absolute Gasteiger partial charge is 0.475 e. The lowest BCUT2D eigenvalue weighted by molar-refractivity contribution is -0.161. The van der Waals surface area contributed by atoms with E-state index in [9.17, 15) is 4.79 Å². The highest BCUT2D eigenvalue weighted by atomic mass is 16.6. The van der Waals surface area contributed by atoms with Crippen molar-refractivity contribution in [2.75, 3.05) is 6.61 Å². The van der Waals surface area contributed by atoms with Gasteiger partial charge in [0.2, 0.25) is 5.60 Å². The summed E-state index contributed by atoms with van der Waals surface area (Å²) in [6, 6.07) is 6.21. The van der Waals surface area contributed by atoms with Gasteiger partial charge < -0.3 is 9.47 Å². The van der Waals surface area contributed by atoms with E-state index in [1.54, 1.807) is 0 Å².